The van der Waals surface area contributed by atoms with E-state index in [9.17, 15) is 14.0 Å². The maximum atomic E-state index is 13.1. The van der Waals surface area contributed by atoms with Crippen LogP contribution in [0.2, 0.25) is 0 Å². The van der Waals surface area contributed by atoms with Crippen molar-refractivity contribution in [3.05, 3.63) is 35.6 Å². The number of carboxylic acids is 1. The molecule has 0 aliphatic heterocycles. The predicted molar refractivity (Wildman–Crippen MR) is 80.6 cm³/mol. The lowest BCUT2D eigenvalue weighted by Gasteiger charge is -2.37. The zero-order valence-corrected chi connectivity index (χ0v) is 13.1. The molecule has 2 rings (SSSR count). The molecular formula is C17H22FNO3. The molecule has 22 heavy (non-hydrogen) atoms. The Morgan fingerprint density at radius 2 is 1.73 bits per heavy atom. The summed E-state index contributed by atoms with van der Waals surface area (Å²) in [4.78, 5) is 23.5. The van der Waals surface area contributed by atoms with Crippen molar-refractivity contribution in [3.8, 4) is 0 Å². The number of hydrogen-bond acceptors (Lipinski definition) is 2. The molecule has 5 heteroatoms. The van der Waals surface area contributed by atoms with Crippen molar-refractivity contribution in [2.75, 3.05) is 0 Å². The molecule has 3 atom stereocenters. The van der Waals surface area contributed by atoms with Gasteiger partial charge in [-0.3, -0.25) is 9.59 Å². The number of nitrogens with one attached hydrogen (secondary N) is 1. The molecular weight excluding hydrogens is 285 g/mol. The van der Waals surface area contributed by atoms with E-state index in [0.717, 1.165) is 5.56 Å². The van der Waals surface area contributed by atoms with E-state index in [4.69, 9.17) is 5.11 Å². The molecule has 0 aromatic heterocycles. The third kappa shape index (κ3) is 3.46. The third-order valence-electron chi connectivity index (χ3n) is 4.28. The second kappa shape index (κ2) is 6.07. The van der Waals surface area contributed by atoms with Crippen molar-refractivity contribution >= 4 is 11.9 Å². The molecule has 1 fully saturated rings. The van der Waals surface area contributed by atoms with Crippen LogP contribution in [0.1, 0.15) is 45.2 Å². The largest absolute Gasteiger partial charge is 0.481 e. The van der Waals surface area contributed by atoms with Gasteiger partial charge < -0.3 is 10.4 Å². The molecule has 2 N–H and O–H groups in total. The Morgan fingerprint density at radius 1 is 1.18 bits per heavy atom. The van der Waals surface area contributed by atoms with Crippen molar-refractivity contribution in [1.29, 1.82) is 0 Å². The summed E-state index contributed by atoms with van der Waals surface area (Å²) >= 11 is 0. The highest BCUT2D eigenvalue weighted by Gasteiger charge is 2.42. The van der Waals surface area contributed by atoms with Crippen LogP contribution in [0.25, 0.3) is 0 Å². The molecule has 3 unspecified atom stereocenters. The minimum Gasteiger partial charge on any atom is -0.481 e. The topological polar surface area (TPSA) is 66.4 Å². The van der Waals surface area contributed by atoms with Crippen LogP contribution < -0.4 is 5.32 Å². The first-order valence-electron chi connectivity index (χ1n) is 7.49. The van der Waals surface area contributed by atoms with E-state index in [1.807, 2.05) is 20.8 Å². The summed E-state index contributed by atoms with van der Waals surface area (Å²) in [6.45, 7) is 5.95. The van der Waals surface area contributed by atoms with Crippen LogP contribution in [-0.4, -0.2) is 17.0 Å². The van der Waals surface area contributed by atoms with Crippen molar-refractivity contribution in [2.45, 2.75) is 39.7 Å². The van der Waals surface area contributed by atoms with Gasteiger partial charge >= 0.3 is 5.97 Å². The van der Waals surface area contributed by atoms with Gasteiger partial charge in [-0.25, -0.2) is 4.39 Å². The number of hydrogen-bond donors (Lipinski definition) is 2. The van der Waals surface area contributed by atoms with Gasteiger partial charge in [-0.05, 0) is 36.0 Å². The predicted octanol–water partition coefficient (Wildman–Crippen LogP) is 3.14. The van der Waals surface area contributed by atoms with Gasteiger partial charge in [0.25, 0.3) is 0 Å². The highest BCUT2D eigenvalue weighted by atomic mass is 19.1. The maximum absolute atomic E-state index is 13.1. The molecule has 0 saturated heterocycles. The summed E-state index contributed by atoms with van der Waals surface area (Å²) in [5.74, 6) is -2.53. The molecule has 1 aliphatic rings. The van der Waals surface area contributed by atoms with Crippen molar-refractivity contribution in [1.82, 2.24) is 5.32 Å². The lowest BCUT2D eigenvalue weighted by molar-refractivity contribution is -0.153. The van der Waals surface area contributed by atoms with E-state index >= 15 is 0 Å². The molecule has 1 aromatic rings. The van der Waals surface area contributed by atoms with Crippen molar-refractivity contribution < 1.29 is 19.1 Å². The Labute approximate surface area is 129 Å². The average Bonchev–Trinajstić information content (AvgIpc) is 2.34. The van der Waals surface area contributed by atoms with Crippen LogP contribution in [0.4, 0.5) is 4.39 Å². The Morgan fingerprint density at radius 3 is 2.14 bits per heavy atom. The van der Waals surface area contributed by atoms with Crippen molar-refractivity contribution in [3.63, 3.8) is 0 Å². The zero-order valence-electron chi connectivity index (χ0n) is 13.1. The molecule has 1 saturated carbocycles. The van der Waals surface area contributed by atoms with Gasteiger partial charge in [0.05, 0.1) is 17.9 Å². The molecule has 1 amide bonds. The number of rotatable bonds is 4. The summed E-state index contributed by atoms with van der Waals surface area (Å²) in [5, 5.41) is 12.0. The van der Waals surface area contributed by atoms with Gasteiger partial charge in [-0.1, -0.05) is 32.9 Å². The Balaban J connectivity index is 2.16. The van der Waals surface area contributed by atoms with Crippen LogP contribution in [0.15, 0.2) is 24.3 Å². The fourth-order valence-corrected chi connectivity index (χ4v) is 2.81. The van der Waals surface area contributed by atoms with Crippen LogP contribution in [0.3, 0.4) is 0 Å². The van der Waals surface area contributed by atoms with E-state index in [2.05, 4.69) is 5.32 Å². The highest BCUT2D eigenvalue weighted by molar-refractivity contribution is 5.86. The average molecular weight is 307 g/mol. The molecule has 1 aliphatic carbocycles. The lowest BCUT2D eigenvalue weighted by atomic mass is 9.72. The van der Waals surface area contributed by atoms with Crippen LogP contribution in [0, 0.1) is 23.1 Å². The van der Waals surface area contributed by atoms with Gasteiger partial charge in [0, 0.05) is 0 Å². The molecule has 1 aromatic carbocycles. The van der Waals surface area contributed by atoms with E-state index in [0.29, 0.717) is 12.8 Å². The van der Waals surface area contributed by atoms with Crippen LogP contribution in [0.5, 0.6) is 0 Å². The Kier molecular flexibility index (Phi) is 4.54. The summed E-state index contributed by atoms with van der Waals surface area (Å²) in [7, 11) is 0. The zero-order chi connectivity index (χ0) is 16.5. The normalized spacial score (nSPS) is 22.5. The lowest BCUT2D eigenvalue weighted by Crippen LogP contribution is -2.47. The number of halogens is 1. The second-order valence-corrected chi connectivity index (χ2v) is 6.99. The minimum atomic E-state index is -0.916. The van der Waals surface area contributed by atoms with Gasteiger partial charge in [-0.2, -0.15) is 0 Å². The van der Waals surface area contributed by atoms with E-state index in [1.165, 1.54) is 12.1 Å². The van der Waals surface area contributed by atoms with Gasteiger partial charge in [-0.15, -0.1) is 0 Å². The monoisotopic (exact) mass is 307 g/mol. The molecule has 0 spiro atoms. The number of benzene rings is 1. The SMILES string of the molecule is CC(C)(C)C(NC(=O)C1CCC1C(=O)O)c1ccc(F)cc1. The van der Waals surface area contributed by atoms with Crippen molar-refractivity contribution in [2.24, 2.45) is 17.3 Å². The second-order valence-electron chi connectivity index (χ2n) is 6.99. The molecule has 0 heterocycles. The summed E-state index contributed by atoms with van der Waals surface area (Å²) in [6, 6.07) is 5.74. The quantitative estimate of drug-likeness (QED) is 0.898. The van der Waals surface area contributed by atoms with E-state index in [-0.39, 0.29) is 23.2 Å². The third-order valence-corrected chi connectivity index (χ3v) is 4.28. The van der Waals surface area contributed by atoms with Gasteiger partial charge in [0.1, 0.15) is 5.82 Å². The smallest absolute Gasteiger partial charge is 0.307 e. The Hall–Kier alpha value is -1.91. The van der Waals surface area contributed by atoms with E-state index in [1.54, 1.807) is 12.1 Å². The molecule has 4 nitrogen and oxygen atoms in total. The fraction of sp³-hybridized carbons (Fsp3) is 0.529. The highest BCUT2D eigenvalue weighted by Crippen LogP contribution is 2.37. The number of carbonyl (C=O) groups excluding carboxylic acids is 1. The first kappa shape index (κ1) is 16.5. The standard InChI is InChI=1S/C17H22FNO3/c1-17(2,3)14(10-4-6-11(18)7-5-10)19-15(20)12-8-9-13(12)16(21)22/h4-7,12-14H,8-9H2,1-3H3,(H,19,20)(H,21,22). The number of carboxylic acid groups (broad SMARTS) is 1. The number of carbonyl (C=O) groups is 2. The number of aliphatic carboxylic acids is 1. The minimum absolute atomic E-state index is 0.233. The molecule has 0 radical (unpaired) electrons. The van der Waals surface area contributed by atoms with E-state index < -0.39 is 17.8 Å². The first-order valence-corrected chi connectivity index (χ1v) is 7.49. The molecule has 120 valence electrons. The van der Waals surface area contributed by atoms with Crippen LogP contribution >= 0.6 is 0 Å². The summed E-state index contributed by atoms with van der Waals surface area (Å²) < 4.78 is 13.1. The molecule has 0 bridgehead atoms. The maximum Gasteiger partial charge on any atom is 0.307 e. The van der Waals surface area contributed by atoms with Gasteiger partial charge in [0.2, 0.25) is 5.91 Å². The summed E-state index contributed by atoms with van der Waals surface area (Å²) in [6.07, 6.45) is 1.15. The Bertz CT molecular complexity index is 562. The fourth-order valence-electron chi connectivity index (χ4n) is 2.81. The van der Waals surface area contributed by atoms with Gasteiger partial charge in [0.15, 0.2) is 0 Å². The number of amides is 1. The van der Waals surface area contributed by atoms with Crippen LogP contribution in [-0.2, 0) is 9.59 Å². The first-order chi connectivity index (χ1) is 10.2. The summed E-state index contributed by atoms with van der Waals surface area (Å²) in [5.41, 5.74) is 0.545.